The minimum atomic E-state index is -4.31. The smallest absolute Gasteiger partial charge is 0.312 e. The third-order valence-corrected chi connectivity index (χ3v) is 3.60. The summed E-state index contributed by atoms with van der Waals surface area (Å²) < 4.78 is 38.4. The Balaban J connectivity index is 2.17. The number of nitrogens with zero attached hydrogens (tertiary/aromatic N) is 1. The van der Waals surface area contributed by atoms with Crippen LogP contribution in [-0.2, 0) is 23.8 Å². The molecular weight excluding hydrogens is 243 g/mol. The molecule has 0 aliphatic carbocycles. The van der Waals surface area contributed by atoms with Gasteiger partial charge in [-0.15, -0.1) is 0 Å². The molecule has 3 rings (SSSR count). The lowest BCUT2D eigenvalue weighted by Crippen LogP contribution is -2.39. The lowest BCUT2D eigenvalue weighted by Gasteiger charge is -2.35. The second-order valence-corrected chi connectivity index (χ2v) is 4.79. The maximum absolute atomic E-state index is 12.8. The highest BCUT2D eigenvalue weighted by atomic mass is 19.4. The molecule has 18 heavy (non-hydrogen) atoms. The fourth-order valence-corrected chi connectivity index (χ4v) is 2.82. The zero-order valence-electron chi connectivity index (χ0n) is 9.68. The fraction of sp³-hybridized carbons (Fsp3) is 0.462. The molecule has 0 bridgehead atoms. The lowest BCUT2D eigenvalue weighted by molar-refractivity contribution is -0.137. The number of hydrogen-bond donors (Lipinski definition) is 0. The summed E-state index contributed by atoms with van der Waals surface area (Å²) in [6.07, 6.45) is -2.22. The van der Waals surface area contributed by atoms with Gasteiger partial charge in [0.05, 0.1) is 11.3 Å². The highest BCUT2D eigenvalue weighted by Gasteiger charge is 2.35. The van der Waals surface area contributed by atoms with E-state index < -0.39 is 11.7 Å². The van der Waals surface area contributed by atoms with Gasteiger partial charge in [-0.1, -0.05) is 0 Å². The van der Waals surface area contributed by atoms with E-state index in [0.29, 0.717) is 36.9 Å². The second-order valence-electron chi connectivity index (χ2n) is 4.79. The van der Waals surface area contributed by atoms with E-state index in [1.807, 2.05) is 0 Å². The van der Waals surface area contributed by atoms with E-state index in [-0.39, 0.29) is 5.91 Å². The van der Waals surface area contributed by atoms with Gasteiger partial charge < -0.3 is 4.90 Å². The van der Waals surface area contributed by atoms with Crippen LogP contribution >= 0.6 is 0 Å². The molecule has 5 heteroatoms. The quantitative estimate of drug-likeness (QED) is 0.698. The molecule has 0 N–H and O–H groups in total. The van der Waals surface area contributed by atoms with Crippen LogP contribution in [0.25, 0.3) is 0 Å². The fourth-order valence-electron chi connectivity index (χ4n) is 2.82. The zero-order valence-corrected chi connectivity index (χ0v) is 9.68. The van der Waals surface area contributed by atoms with E-state index in [4.69, 9.17) is 0 Å². The minimum Gasteiger partial charge on any atom is -0.312 e. The van der Waals surface area contributed by atoms with Crippen molar-refractivity contribution in [1.29, 1.82) is 0 Å². The number of alkyl halides is 3. The minimum absolute atomic E-state index is 0.0307. The molecule has 0 spiro atoms. The van der Waals surface area contributed by atoms with Crippen molar-refractivity contribution in [3.63, 3.8) is 0 Å². The molecule has 2 nitrogen and oxygen atoms in total. The normalized spacial score (nSPS) is 18.8. The number of amides is 1. The summed E-state index contributed by atoms with van der Waals surface area (Å²) in [4.78, 5) is 13.4. The molecule has 0 saturated carbocycles. The third kappa shape index (κ3) is 1.69. The van der Waals surface area contributed by atoms with Crippen molar-refractivity contribution in [2.75, 3.05) is 11.4 Å². The standard InChI is InChI=1S/C13H12F3NO/c14-13(15,16)10-6-8-2-1-5-17-11(18)4-3-9(7-10)12(8)17/h6-7H,1-5H2. The maximum atomic E-state index is 12.8. The van der Waals surface area contributed by atoms with E-state index >= 15 is 0 Å². The molecule has 0 fully saturated rings. The SMILES string of the molecule is O=C1CCc2cc(C(F)(F)F)cc3c2N1CCC3. The predicted octanol–water partition coefficient (Wildman–Crippen LogP) is 2.93. The third-order valence-electron chi connectivity index (χ3n) is 3.60. The molecule has 0 unspecified atom stereocenters. The van der Waals surface area contributed by atoms with Crippen molar-refractivity contribution in [2.45, 2.75) is 31.9 Å². The molecule has 1 amide bonds. The molecule has 2 aliphatic rings. The molecule has 0 aromatic heterocycles. The van der Waals surface area contributed by atoms with Crippen molar-refractivity contribution in [1.82, 2.24) is 0 Å². The highest BCUT2D eigenvalue weighted by molar-refractivity contribution is 5.97. The Morgan fingerprint density at radius 2 is 1.72 bits per heavy atom. The summed E-state index contributed by atoms with van der Waals surface area (Å²) in [5, 5.41) is 0. The second kappa shape index (κ2) is 3.73. The molecule has 2 heterocycles. The number of aryl methyl sites for hydroxylation is 2. The summed E-state index contributed by atoms with van der Waals surface area (Å²) in [6, 6.07) is 2.40. The van der Waals surface area contributed by atoms with Crippen LogP contribution in [0.4, 0.5) is 18.9 Å². The van der Waals surface area contributed by atoms with Crippen molar-refractivity contribution in [2.24, 2.45) is 0 Å². The van der Waals surface area contributed by atoms with Gasteiger partial charge in [-0.3, -0.25) is 4.79 Å². The van der Waals surface area contributed by atoms with Gasteiger partial charge in [-0.05, 0) is 42.5 Å². The molecule has 96 valence electrons. The molecular formula is C13H12F3NO. The first-order valence-electron chi connectivity index (χ1n) is 6.00. The number of hydrogen-bond acceptors (Lipinski definition) is 1. The summed E-state index contributed by atoms with van der Waals surface area (Å²) in [5.41, 5.74) is 1.48. The highest BCUT2D eigenvalue weighted by Crippen LogP contribution is 2.40. The number of halogens is 3. The van der Waals surface area contributed by atoms with E-state index in [9.17, 15) is 18.0 Å². The Kier molecular flexibility index (Phi) is 2.40. The van der Waals surface area contributed by atoms with Gasteiger partial charge in [0.2, 0.25) is 5.91 Å². The van der Waals surface area contributed by atoms with Gasteiger partial charge in [0.1, 0.15) is 0 Å². The topological polar surface area (TPSA) is 20.3 Å². The van der Waals surface area contributed by atoms with Gasteiger partial charge in [0.25, 0.3) is 0 Å². The Labute approximate surface area is 102 Å². The monoisotopic (exact) mass is 255 g/mol. The van der Waals surface area contributed by atoms with E-state index in [1.54, 1.807) is 4.90 Å². The summed E-state index contributed by atoms with van der Waals surface area (Å²) in [7, 11) is 0. The van der Waals surface area contributed by atoms with Crippen LogP contribution < -0.4 is 4.90 Å². The maximum Gasteiger partial charge on any atom is 0.416 e. The van der Waals surface area contributed by atoms with Gasteiger partial charge in [0.15, 0.2) is 0 Å². The Morgan fingerprint density at radius 3 is 2.39 bits per heavy atom. The molecule has 2 aliphatic heterocycles. The van der Waals surface area contributed by atoms with Gasteiger partial charge in [-0.2, -0.15) is 13.2 Å². The van der Waals surface area contributed by atoms with Crippen LogP contribution in [0.5, 0.6) is 0 Å². The van der Waals surface area contributed by atoms with E-state index in [2.05, 4.69) is 0 Å². The first-order chi connectivity index (χ1) is 8.47. The summed E-state index contributed by atoms with van der Waals surface area (Å²) >= 11 is 0. The number of benzene rings is 1. The Bertz CT molecular complexity index is 504. The molecule has 1 aromatic rings. The van der Waals surface area contributed by atoms with Gasteiger partial charge in [0, 0.05) is 13.0 Å². The molecule has 1 aromatic carbocycles. The Hall–Kier alpha value is -1.52. The average molecular weight is 255 g/mol. The van der Waals surface area contributed by atoms with Gasteiger partial charge in [-0.25, -0.2) is 0 Å². The number of rotatable bonds is 0. The number of carbonyl (C=O) groups excluding carboxylic acids is 1. The first-order valence-corrected chi connectivity index (χ1v) is 6.00. The van der Waals surface area contributed by atoms with Crippen LogP contribution in [0.1, 0.15) is 29.5 Å². The van der Waals surface area contributed by atoms with Crippen molar-refractivity contribution in [3.8, 4) is 0 Å². The van der Waals surface area contributed by atoms with Crippen LogP contribution in [0, 0.1) is 0 Å². The van der Waals surface area contributed by atoms with E-state index in [0.717, 1.165) is 12.1 Å². The van der Waals surface area contributed by atoms with Crippen LogP contribution in [-0.4, -0.2) is 12.5 Å². The lowest BCUT2D eigenvalue weighted by atomic mass is 9.89. The summed E-state index contributed by atoms with van der Waals surface area (Å²) in [5.74, 6) is 0.0307. The molecule has 0 atom stereocenters. The van der Waals surface area contributed by atoms with E-state index in [1.165, 1.54) is 12.1 Å². The van der Waals surface area contributed by atoms with Crippen LogP contribution in [0.2, 0.25) is 0 Å². The first kappa shape index (κ1) is 11.6. The van der Waals surface area contributed by atoms with Crippen molar-refractivity contribution in [3.05, 3.63) is 28.8 Å². The summed E-state index contributed by atoms with van der Waals surface area (Å²) in [6.45, 7) is 0.629. The number of carbonyl (C=O) groups is 1. The Morgan fingerprint density at radius 1 is 1.06 bits per heavy atom. The predicted molar refractivity (Wildman–Crippen MR) is 60.4 cm³/mol. The van der Waals surface area contributed by atoms with Crippen molar-refractivity contribution >= 4 is 11.6 Å². The zero-order chi connectivity index (χ0) is 12.9. The van der Waals surface area contributed by atoms with Crippen LogP contribution in [0.3, 0.4) is 0 Å². The van der Waals surface area contributed by atoms with Gasteiger partial charge >= 0.3 is 6.18 Å². The van der Waals surface area contributed by atoms with Crippen molar-refractivity contribution < 1.29 is 18.0 Å². The molecule has 0 saturated heterocycles. The largest absolute Gasteiger partial charge is 0.416 e. The number of anilines is 1. The molecule has 0 radical (unpaired) electrons. The average Bonchev–Trinajstić information content (AvgIpc) is 2.32. The van der Waals surface area contributed by atoms with Crippen LogP contribution in [0.15, 0.2) is 12.1 Å².